The maximum Gasteiger partial charge on any atom is 0.259 e. The number of benzene rings is 1. The third kappa shape index (κ3) is 5.44. The smallest absolute Gasteiger partial charge is 0.259 e. The van der Waals surface area contributed by atoms with Crippen molar-refractivity contribution in [1.82, 2.24) is 14.1 Å². The SMILES string of the molecule is Cn1cc(-c2cc(N)cnc2Oc2ccc(F)cc2F)c2c(ccn2COCC[Si](C)(C)C)c1=O. The van der Waals surface area contributed by atoms with Gasteiger partial charge < -0.3 is 24.3 Å². The normalized spacial score (nSPS) is 11.8. The zero-order valence-electron chi connectivity index (χ0n) is 20.1. The summed E-state index contributed by atoms with van der Waals surface area (Å²) in [6, 6.07) is 7.43. The molecular formula is C25H28F2N4O3Si. The van der Waals surface area contributed by atoms with Gasteiger partial charge in [0.15, 0.2) is 11.6 Å². The third-order valence-corrected chi connectivity index (χ3v) is 7.29. The molecule has 0 aliphatic carbocycles. The fraction of sp³-hybridized carbons (Fsp3) is 0.280. The van der Waals surface area contributed by atoms with Crippen LogP contribution < -0.4 is 16.0 Å². The van der Waals surface area contributed by atoms with Gasteiger partial charge in [0.25, 0.3) is 5.56 Å². The Bertz CT molecular complexity index is 1440. The van der Waals surface area contributed by atoms with Crippen LogP contribution in [-0.4, -0.2) is 28.8 Å². The second-order valence-corrected chi connectivity index (χ2v) is 15.3. The van der Waals surface area contributed by atoms with Gasteiger partial charge in [-0.2, -0.15) is 0 Å². The highest BCUT2D eigenvalue weighted by molar-refractivity contribution is 6.76. The standard InChI is InChI=1S/C25H28F2N4O3Si/c1-30-14-20(23-18(25(30)32)7-8-31(23)15-33-9-10-35(2,3)4)19-12-17(28)13-29-24(19)34-22-6-5-16(26)11-21(22)27/h5-8,11-14H,9-10,15,28H2,1-4H3. The Morgan fingerprint density at radius 2 is 1.89 bits per heavy atom. The second-order valence-electron chi connectivity index (χ2n) is 9.65. The number of rotatable bonds is 8. The van der Waals surface area contributed by atoms with E-state index < -0.39 is 19.7 Å². The van der Waals surface area contributed by atoms with Crippen LogP contribution >= 0.6 is 0 Å². The van der Waals surface area contributed by atoms with Crippen molar-refractivity contribution < 1.29 is 18.3 Å². The van der Waals surface area contributed by atoms with E-state index in [2.05, 4.69) is 24.6 Å². The first kappa shape index (κ1) is 24.6. The van der Waals surface area contributed by atoms with Crippen LogP contribution in [0.3, 0.4) is 0 Å². The minimum Gasteiger partial charge on any atom is -0.435 e. The van der Waals surface area contributed by atoms with Crippen LogP contribution in [0, 0.1) is 11.6 Å². The molecule has 184 valence electrons. The number of aromatic nitrogens is 3. The van der Waals surface area contributed by atoms with E-state index in [4.69, 9.17) is 15.2 Å². The number of nitrogens with zero attached hydrogens (tertiary/aromatic N) is 3. The summed E-state index contributed by atoms with van der Waals surface area (Å²) in [4.78, 5) is 17.1. The minimum absolute atomic E-state index is 0.0667. The van der Waals surface area contributed by atoms with Crippen molar-refractivity contribution in [1.29, 1.82) is 0 Å². The summed E-state index contributed by atoms with van der Waals surface area (Å²) in [5.74, 6) is -1.69. The van der Waals surface area contributed by atoms with Crippen molar-refractivity contribution >= 4 is 24.7 Å². The van der Waals surface area contributed by atoms with Crippen LogP contribution in [0.15, 0.2) is 53.7 Å². The minimum atomic E-state index is -1.25. The third-order valence-electron chi connectivity index (χ3n) is 5.58. The van der Waals surface area contributed by atoms with E-state index >= 15 is 0 Å². The van der Waals surface area contributed by atoms with E-state index in [-0.39, 0.29) is 23.9 Å². The summed E-state index contributed by atoms with van der Waals surface area (Å²) < 4.78 is 42.7. The van der Waals surface area contributed by atoms with E-state index in [9.17, 15) is 13.6 Å². The average molecular weight is 499 g/mol. The highest BCUT2D eigenvalue weighted by atomic mass is 28.3. The second kappa shape index (κ2) is 9.63. The largest absolute Gasteiger partial charge is 0.435 e. The summed E-state index contributed by atoms with van der Waals surface area (Å²) in [6.45, 7) is 7.71. The van der Waals surface area contributed by atoms with E-state index in [1.165, 1.54) is 16.8 Å². The Hall–Kier alpha value is -3.50. The highest BCUT2D eigenvalue weighted by Crippen LogP contribution is 2.37. The maximum atomic E-state index is 14.3. The quantitative estimate of drug-likeness (QED) is 0.261. The Labute approximate surface area is 202 Å². The summed E-state index contributed by atoms with van der Waals surface area (Å²) >= 11 is 0. The average Bonchev–Trinajstić information content (AvgIpc) is 3.20. The zero-order chi connectivity index (χ0) is 25.3. The van der Waals surface area contributed by atoms with Crippen molar-refractivity contribution in [2.45, 2.75) is 32.4 Å². The zero-order valence-corrected chi connectivity index (χ0v) is 21.1. The summed E-state index contributed by atoms with van der Waals surface area (Å²) in [5, 5.41) is 0.486. The van der Waals surface area contributed by atoms with Gasteiger partial charge in [-0.25, -0.2) is 13.8 Å². The first-order valence-electron chi connectivity index (χ1n) is 11.2. The van der Waals surface area contributed by atoms with Gasteiger partial charge in [-0.15, -0.1) is 0 Å². The monoisotopic (exact) mass is 498 g/mol. The molecule has 0 bridgehead atoms. The van der Waals surface area contributed by atoms with Crippen molar-refractivity contribution in [3.8, 4) is 22.8 Å². The lowest BCUT2D eigenvalue weighted by Crippen LogP contribution is -2.22. The van der Waals surface area contributed by atoms with Crippen molar-refractivity contribution in [3.05, 3.63) is 70.9 Å². The molecule has 10 heteroatoms. The van der Waals surface area contributed by atoms with E-state index in [0.717, 1.165) is 18.2 Å². The van der Waals surface area contributed by atoms with Gasteiger partial charge in [-0.3, -0.25) is 4.79 Å². The maximum absolute atomic E-state index is 14.3. The number of anilines is 1. The molecule has 0 saturated carbocycles. The molecule has 4 aromatic rings. The molecule has 4 rings (SSSR count). The van der Waals surface area contributed by atoms with E-state index in [1.54, 1.807) is 31.6 Å². The molecule has 3 aromatic heterocycles. The van der Waals surface area contributed by atoms with Gasteiger partial charge in [0.2, 0.25) is 5.88 Å². The topological polar surface area (TPSA) is 84.3 Å². The number of ether oxygens (including phenoxy) is 2. The van der Waals surface area contributed by atoms with Gasteiger partial charge in [0.1, 0.15) is 12.5 Å². The van der Waals surface area contributed by atoms with E-state index in [0.29, 0.717) is 34.3 Å². The Balaban J connectivity index is 1.80. The fourth-order valence-corrected chi connectivity index (χ4v) is 4.46. The van der Waals surface area contributed by atoms with Gasteiger partial charge in [0.05, 0.1) is 28.4 Å². The molecule has 2 N–H and O–H groups in total. The molecule has 0 aliphatic heterocycles. The molecule has 7 nitrogen and oxygen atoms in total. The number of nitrogens with two attached hydrogens (primary N) is 1. The molecule has 0 fully saturated rings. The van der Waals surface area contributed by atoms with Crippen LogP contribution in [0.4, 0.5) is 14.5 Å². The summed E-state index contributed by atoms with van der Waals surface area (Å²) in [7, 11) is 0.393. The molecule has 0 unspecified atom stereocenters. The molecule has 0 aliphatic rings. The molecule has 1 aromatic carbocycles. The molecular weight excluding hydrogens is 470 g/mol. The van der Waals surface area contributed by atoms with Gasteiger partial charge in [-0.1, -0.05) is 19.6 Å². The van der Waals surface area contributed by atoms with Crippen LogP contribution in [0.5, 0.6) is 11.6 Å². The lowest BCUT2D eigenvalue weighted by Gasteiger charge is -2.17. The first-order chi connectivity index (χ1) is 16.5. The molecule has 0 amide bonds. The number of halogens is 2. The Morgan fingerprint density at radius 1 is 1.11 bits per heavy atom. The predicted molar refractivity (Wildman–Crippen MR) is 135 cm³/mol. The van der Waals surface area contributed by atoms with Crippen molar-refractivity contribution in [3.63, 3.8) is 0 Å². The van der Waals surface area contributed by atoms with Crippen LogP contribution in [0.25, 0.3) is 22.0 Å². The molecule has 0 spiro atoms. The molecule has 0 radical (unpaired) electrons. The number of hydrogen-bond acceptors (Lipinski definition) is 5. The van der Waals surface area contributed by atoms with Gasteiger partial charge in [0, 0.05) is 45.8 Å². The number of pyridine rings is 2. The fourth-order valence-electron chi connectivity index (χ4n) is 3.70. The molecule has 35 heavy (non-hydrogen) atoms. The van der Waals surface area contributed by atoms with Gasteiger partial charge >= 0.3 is 0 Å². The lowest BCUT2D eigenvalue weighted by molar-refractivity contribution is 0.0903. The number of nitrogen functional groups attached to an aromatic ring is 1. The summed E-state index contributed by atoms with van der Waals surface area (Å²) in [6.07, 6.45) is 4.84. The first-order valence-corrected chi connectivity index (χ1v) is 14.9. The highest BCUT2D eigenvalue weighted by Gasteiger charge is 2.20. The summed E-state index contributed by atoms with van der Waals surface area (Å²) in [5.41, 5.74) is 7.91. The van der Waals surface area contributed by atoms with Crippen molar-refractivity contribution in [2.75, 3.05) is 12.3 Å². The predicted octanol–water partition coefficient (Wildman–Crippen LogP) is 5.37. The lowest BCUT2D eigenvalue weighted by atomic mass is 10.1. The van der Waals surface area contributed by atoms with Crippen LogP contribution in [0.2, 0.25) is 25.7 Å². The van der Waals surface area contributed by atoms with Gasteiger partial charge in [-0.05, 0) is 30.3 Å². The van der Waals surface area contributed by atoms with Crippen LogP contribution in [-0.2, 0) is 18.5 Å². The molecule has 0 atom stereocenters. The number of aryl methyl sites for hydroxylation is 1. The van der Waals surface area contributed by atoms with E-state index in [1.807, 2.05) is 4.57 Å². The molecule has 3 heterocycles. The van der Waals surface area contributed by atoms with Crippen LogP contribution in [0.1, 0.15) is 0 Å². The number of hydrogen-bond donors (Lipinski definition) is 1. The molecule has 0 saturated heterocycles. The number of fused-ring (bicyclic) bond motifs is 1. The Kier molecular flexibility index (Phi) is 6.77. The Morgan fingerprint density at radius 3 is 2.60 bits per heavy atom. The van der Waals surface area contributed by atoms with Crippen molar-refractivity contribution in [2.24, 2.45) is 7.05 Å².